The van der Waals surface area contributed by atoms with Crippen LogP contribution >= 0.6 is 0 Å². The fraction of sp³-hybridized carbons (Fsp3) is 0.923. The quantitative estimate of drug-likeness (QED) is 0.769. The van der Waals surface area contributed by atoms with Crippen molar-refractivity contribution in [3.05, 3.63) is 0 Å². The molecular formula is C13H24N2O3. The Morgan fingerprint density at radius 1 is 1.56 bits per heavy atom. The second-order valence-corrected chi connectivity index (χ2v) is 6.29. The van der Waals surface area contributed by atoms with Crippen LogP contribution in [0.3, 0.4) is 0 Å². The van der Waals surface area contributed by atoms with E-state index in [2.05, 4.69) is 0 Å². The number of nitrogens with two attached hydrogens (primary N) is 1. The average Bonchev–Trinajstić information content (AvgIpc) is 2.84. The van der Waals surface area contributed by atoms with Crippen molar-refractivity contribution < 1.29 is 14.3 Å². The summed E-state index contributed by atoms with van der Waals surface area (Å²) in [6.45, 7) is 8.34. The van der Waals surface area contributed by atoms with Crippen molar-refractivity contribution in [1.82, 2.24) is 4.90 Å². The van der Waals surface area contributed by atoms with Crippen LogP contribution in [0.4, 0.5) is 4.79 Å². The van der Waals surface area contributed by atoms with E-state index in [0.717, 1.165) is 19.4 Å². The van der Waals surface area contributed by atoms with Gasteiger partial charge in [-0.2, -0.15) is 0 Å². The van der Waals surface area contributed by atoms with Gasteiger partial charge >= 0.3 is 6.09 Å². The van der Waals surface area contributed by atoms with Crippen LogP contribution < -0.4 is 5.73 Å². The summed E-state index contributed by atoms with van der Waals surface area (Å²) in [6, 6.07) is 0. The second kappa shape index (κ2) is 4.70. The van der Waals surface area contributed by atoms with E-state index in [1.54, 1.807) is 4.90 Å². The molecule has 2 atom stereocenters. The summed E-state index contributed by atoms with van der Waals surface area (Å²) in [5, 5.41) is 0. The fourth-order valence-electron chi connectivity index (χ4n) is 2.86. The van der Waals surface area contributed by atoms with Gasteiger partial charge in [-0.1, -0.05) is 0 Å². The molecule has 0 aromatic carbocycles. The van der Waals surface area contributed by atoms with Gasteiger partial charge in [0.05, 0.1) is 12.1 Å². The SMILES string of the molecule is CC(C)(C)OC(=O)N1CCC2(C1)OCCC2CN. The summed E-state index contributed by atoms with van der Waals surface area (Å²) in [5.74, 6) is 0.366. The molecule has 2 rings (SSSR count). The first-order chi connectivity index (χ1) is 8.36. The molecule has 0 saturated carbocycles. The van der Waals surface area contributed by atoms with E-state index in [0.29, 0.717) is 25.6 Å². The molecule has 5 heteroatoms. The number of carbonyl (C=O) groups is 1. The minimum Gasteiger partial charge on any atom is -0.444 e. The lowest BCUT2D eigenvalue weighted by Gasteiger charge is -2.30. The van der Waals surface area contributed by atoms with E-state index in [1.165, 1.54) is 0 Å². The lowest BCUT2D eigenvalue weighted by Crippen LogP contribution is -2.44. The number of ether oxygens (including phenoxy) is 2. The third kappa shape index (κ3) is 2.62. The van der Waals surface area contributed by atoms with Crippen molar-refractivity contribution in [2.45, 2.75) is 44.8 Å². The minimum atomic E-state index is -0.448. The summed E-state index contributed by atoms with van der Waals surface area (Å²) in [6.07, 6.45) is 1.62. The monoisotopic (exact) mass is 256 g/mol. The Balaban J connectivity index is 1.98. The van der Waals surface area contributed by atoms with Gasteiger partial charge in [-0.3, -0.25) is 0 Å². The lowest BCUT2D eigenvalue weighted by atomic mass is 9.87. The maximum atomic E-state index is 12.0. The third-order valence-corrected chi connectivity index (χ3v) is 3.80. The number of nitrogens with zero attached hydrogens (tertiary/aromatic N) is 1. The number of rotatable bonds is 1. The summed E-state index contributed by atoms with van der Waals surface area (Å²) in [5.41, 5.74) is 5.13. The summed E-state index contributed by atoms with van der Waals surface area (Å²) in [4.78, 5) is 13.8. The molecule has 2 aliphatic heterocycles. The molecule has 104 valence electrons. The first kappa shape index (κ1) is 13.6. The number of amides is 1. The van der Waals surface area contributed by atoms with Gasteiger partial charge in [0.1, 0.15) is 5.60 Å². The lowest BCUT2D eigenvalue weighted by molar-refractivity contribution is -0.0167. The van der Waals surface area contributed by atoms with E-state index in [1.807, 2.05) is 20.8 Å². The van der Waals surface area contributed by atoms with Crippen LogP contribution in [0.15, 0.2) is 0 Å². The van der Waals surface area contributed by atoms with E-state index in [9.17, 15) is 4.79 Å². The van der Waals surface area contributed by atoms with Crippen molar-refractivity contribution in [2.24, 2.45) is 11.7 Å². The van der Waals surface area contributed by atoms with Crippen LogP contribution in [0.5, 0.6) is 0 Å². The zero-order valence-corrected chi connectivity index (χ0v) is 11.6. The van der Waals surface area contributed by atoms with Gasteiger partial charge in [0, 0.05) is 19.1 Å². The molecule has 18 heavy (non-hydrogen) atoms. The minimum absolute atomic E-state index is 0.217. The molecule has 1 spiro atoms. The Hall–Kier alpha value is -0.810. The molecule has 0 radical (unpaired) electrons. The molecule has 0 aromatic heterocycles. The zero-order chi connectivity index (χ0) is 13.4. The van der Waals surface area contributed by atoms with Gasteiger partial charge in [0.25, 0.3) is 0 Å². The Kier molecular flexibility index (Phi) is 3.56. The topological polar surface area (TPSA) is 64.8 Å². The first-order valence-electron chi connectivity index (χ1n) is 6.68. The van der Waals surface area contributed by atoms with Crippen LogP contribution in [0.2, 0.25) is 0 Å². The summed E-state index contributed by atoms with van der Waals surface area (Å²) < 4.78 is 11.3. The average molecular weight is 256 g/mol. The van der Waals surface area contributed by atoms with Gasteiger partial charge in [-0.15, -0.1) is 0 Å². The van der Waals surface area contributed by atoms with Crippen LogP contribution in [0, 0.1) is 5.92 Å². The molecule has 2 unspecified atom stereocenters. The maximum absolute atomic E-state index is 12.0. The number of likely N-dealkylation sites (tertiary alicyclic amines) is 1. The van der Waals surface area contributed by atoms with Crippen LogP contribution in [-0.2, 0) is 9.47 Å². The van der Waals surface area contributed by atoms with Crippen LogP contribution in [-0.4, -0.2) is 48.4 Å². The zero-order valence-electron chi connectivity index (χ0n) is 11.6. The highest BCUT2D eigenvalue weighted by molar-refractivity contribution is 5.68. The van der Waals surface area contributed by atoms with Crippen LogP contribution in [0.1, 0.15) is 33.6 Å². The number of carbonyl (C=O) groups excluding carboxylic acids is 1. The molecule has 0 bridgehead atoms. The molecule has 2 N–H and O–H groups in total. The van der Waals surface area contributed by atoms with Crippen molar-refractivity contribution in [3.63, 3.8) is 0 Å². The van der Waals surface area contributed by atoms with Crippen LogP contribution in [0.25, 0.3) is 0 Å². The van der Waals surface area contributed by atoms with E-state index >= 15 is 0 Å². The standard InChI is InChI=1S/C13H24N2O3/c1-12(2,3)18-11(16)15-6-5-13(9-15)10(8-14)4-7-17-13/h10H,4-9,14H2,1-3H3. The Morgan fingerprint density at radius 2 is 2.28 bits per heavy atom. The number of hydrogen-bond acceptors (Lipinski definition) is 4. The Morgan fingerprint density at radius 3 is 2.89 bits per heavy atom. The summed E-state index contributed by atoms with van der Waals surface area (Å²) >= 11 is 0. The fourth-order valence-corrected chi connectivity index (χ4v) is 2.86. The summed E-state index contributed by atoms with van der Waals surface area (Å²) in [7, 11) is 0. The van der Waals surface area contributed by atoms with Crippen molar-refractivity contribution >= 4 is 6.09 Å². The highest BCUT2D eigenvalue weighted by atomic mass is 16.6. The normalized spacial score (nSPS) is 32.2. The predicted molar refractivity (Wildman–Crippen MR) is 68.3 cm³/mol. The molecule has 2 fully saturated rings. The van der Waals surface area contributed by atoms with Gasteiger partial charge in [-0.05, 0) is 40.2 Å². The first-order valence-corrected chi connectivity index (χ1v) is 6.68. The van der Waals surface area contributed by atoms with Gasteiger partial charge in [0.15, 0.2) is 0 Å². The van der Waals surface area contributed by atoms with E-state index < -0.39 is 5.60 Å². The highest BCUT2D eigenvalue weighted by Gasteiger charge is 2.49. The van der Waals surface area contributed by atoms with Gasteiger partial charge in [-0.25, -0.2) is 4.79 Å². The largest absolute Gasteiger partial charge is 0.444 e. The molecular weight excluding hydrogens is 232 g/mol. The van der Waals surface area contributed by atoms with E-state index in [-0.39, 0.29) is 11.7 Å². The smallest absolute Gasteiger partial charge is 0.410 e. The van der Waals surface area contributed by atoms with Gasteiger partial charge < -0.3 is 20.1 Å². The highest BCUT2D eigenvalue weighted by Crippen LogP contribution is 2.39. The molecule has 5 nitrogen and oxygen atoms in total. The molecule has 0 aliphatic carbocycles. The Labute approximate surface area is 109 Å². The number of hydrogen-bond donors (Lipinski definition) is 1. The van der Waals surface area contributed by atoms with Crippen molar-refractivity contribution in [1.29, 1.82) is 0 Å². The molecule has 2 saturated heterocycles. The van der Waals surface area contributed by atoms with Crippen molar-refractivity contribution in [3.8, 4) is 0 Å². The molecule has 1 amide bonds. The maximum Gasteiger partial charge on any atom is 0.410 e. The molecule has 0 aromatic rings. The second-order valence-electron chi connectivity index (χ2n) is 6.29. The van der Waals surface area contributed by atoms with E-state index in [4.69, 9.17) is 15.2 Å². The van der Waals surface area contributed by atoms with Crippen molar-refractivity contribution in [2.75, 3.05) is 26.2 Å². The Bertz CT molecular complexity index is 327. The predicted octanol–water partition coefficient (Wildman–Crippen LogP) is 1.36. The molecule has 2 heterocycles. The van der Waals surface area contributed by atoms with Gasteiger partial charge in [0.2, 0.25) is 0 Å². The third-order valence-electron chi connectivity index (χ3n) is 3.80. The molecule has 2 aliphatic rings.